The minimum absolute atomic E-state index is 0.0251. The van der Waals surface area contributed by atoms with Crippen LogP contribution in [0.3, 0.4) is 0 Å². The summed E-state index contributed by atoms with van der Waals surface area (Å²) in [6, 6.07) is 7.29. The number of piperidine rings is 1. The Morgan fingerprint density at radius 2 is 1.89 bits per heavy atom. The Kier molecular flexibility index (Phi) is 6.16. The normalized spacial score (nSPS) is 22.1. The van der Waals surface area contributed by atoms with Crippen LogP contribution in [0, 0.1) is 0 Å². The third kappa shape index (κ3) is 5.31. The minimum Gasteiger partial charge on any atom is -0.389 e. The molecule has 36 heavy (non-hydrogen) atoms. The van der Waals surface area contributed by atoms with Gasteiger partial charge in [-0.2, -0.15) is 18.2 Å². The Morgan fingerprint density at radius 3 is 2.56 bits per heavy atom. The highest BCUT2D eigenvalue weighted by Crippen LogP contribution is 2.36. The molecule has 2 aromatic heterocycles. The lowest BCUT2D eigenvalue weighted by atomic mass is 9.99. The second kappa shape index (κ2) is 9.04. The maximum atomic E-state index is 13.7. The highest BCUT2D eigenvalue weighted by molar-refractivity contribution is 5.85. The molecule has 0 saturated carbocycles. The van der Waals surface area contributed by atoms with Crippen molar-refractivity contribution < 1.29 is 18.3 Å². The molecule has 1 unspecified atom stereocenters. The van der Waals surface area contributed by atoms with Crippen molar-refractivity contribution in [1.29, 1.82) is 0 Å². The average molecular weight is 503 g/mol. The maximum Gasteiger partial charge on any atom is 0.421 e. The standard InChI is InChI=1S/C25H29F3N6O2/c1-24(2,36)13-34-8-7-14-9-15(5-6-19(14)22(34)35)32-23-29-12-20(25(26,27)28)21(33-23)31-18-10-16-3-4-17(11-18)30-16/h5-9,12,16-18,30,36H,3-4,10-11,13H2,1-2H3,(H2,29,31,32,33)/t16-,17+,18?. The summed E-state index contributed by atoms with van der Waals surface area (Å²) in [6.07, 6.45) is 1.39. The molecule has 4 heterocycles. The van der Waals surface area contributed by atoms with Gasteiger partial charge in [0.2, 0.25) is 5.95 Å². The van der Waals surface area contributed by atoms with Crippen LogP contribution in [0.4, 0.5) is 30.6 Å². The van der Waals surface area contributed by atoms with E-state index in [-0.39, 0.29) is 29.9 Å². The lowest BCUT2D eigenvalue weighted by molar-refractivity contribution is -0.137. The number of rotatable bonds is 6. The molecular weight excluding hydrogens is 473 g/mol. The van der Waals surface area contributed by atoms with Crippen molar-refractivity contribution in [2.75, 3.05) is 10.6 Å². The van der Waals surface area contributed by atoms with Crippen molar-refractivity contribution in [3.63, 3.8) is 0 Å². The zero-order valence-corrected chi connectivity index (χ0v) is 20.1. The molecule has 11 heteroatoms. The van der Waals surface area contributed by atoms with Crippen LogP contribution in [-0.4, -0.2) is 43.4 Å². The number of hydrogen-bond donors (Lipinski definition) is 4. The topological polar surface area (TPSA) is 104 Å². The van der Waals surface area contributed by atoms with E-state index in [1.54, 1.807) is 44.3 Å². The van der Waals surface area contributed by atoms with Crippen molar-refractivity contribution in [2.24, 2.45) is 0 Å². The first-order valence-electron chi connectivity index (χ1n) is 12.0. The zero-order chi connectivity index (χ0) is 25.7. The van der Waals surface area contributed by atoms with Crippen LogP contribution in [0.2, 0.25) is 0 Å². The first-order valence-corrected chi connectivity index (χ1v) is 12.0. The molecule has 192 valence electrons. The van der Waals surface area contributed by atoms with E-state index in [9.17, 15) is 23.1 Å². The van der Waals surface area contributed by atoms with Gasteiger partial charge in [-0.25, -0.2) is 4.98 Å². The number of hydrogen-bond acceptors (Lipinski definition) is 7. The number of fused-ring (bicyclic) bond motifs is 3. The van der Waals surface area contributed by atoms with Crippen LogP contribution in [0.1, 0.15) is 45.1 Å². The summed E-state index contributed by atoms with van der Waals surface area (Å²) in [5.74, 6) is -0.210. The van der Waals surface area contributed by atoms with E-state index < -0.39 is 17.3 Å². The predicted molar refractivity (Wildman–Crippen MR) is 131 cm³/mol. The fourth-order valence-corrected chi connectivity index (χ4v) is 5.16. The van der Waals surface area contributed by atoms with Gasteiger partial charge in [0.05, 0.1) is 12.1 Å². The first kappa shape index (κ1) is 24.5. The van der Waals surface area contributed by atoms with Gasteiger partial charge in [0.15, 0.2) is 0 Å². The number of nitrogens with one attached hydrogen (secondary N) is 3. The minimum atomic E-state index is -4.58. The molecule has 0 aliphatic carbocycles. The molecule has 2 fully saturated rings. The lowest BCUT2D eigenvalue weighted by Gasteiger charge is -2.30. The fourth-order valence-electron chi connectivity index (χ4n) is 5.16. The molecular formula is C25H29F3N6O2. The third-order valence-corrected chi connectivity index (χ3v) is 6.70. The highest BCUT2D eigenvalue weighted by atomic mass is 19.4. The van der Waals surface area contributed by atoms with Gasteiger partial charge in [0, 0.05) is 41.6 Å². The Morgan fingerprint density at radius 1 is 1.17 bits per heavy atom. The molecule has 4 N–H and O–H groups in total. The smallest absolute Gasteiger partial charge is 0.389 e. The Balaban J connectivity index is 1.40. The lowest BCUT2D eigenvalue weighted by Crippen LogP contribution is -2.43. The second-order valence-corrected chi connectivity index (χ2v) is 10.4. The van der Waals surface area contributed by atoms with Crippen LogP contribution < -0.4 is 21.5 Å². The SMILES string of the molecule is CC(C)(O)Cn1ccc2cc(Nc3ncc(C(F)(F)F)c(NC4C[C@H]5CC[C@@H](C4)N5)n3)ccc2c1=O. The monoisotopic (exact) mass is 502 g/mol. The Bertz CT molecular complexity index is 1320. The van der Waals surface area contributed by atoms with Gasteiger partial charge in [0.1, 0.15) is 11.4 Å². The van der Waals surface area contributed by atoms with Crippen molar-refractivity contribution >= 4 is 28.2 Å². The Labute approximate surface area is 206 Å². The van der Waals surface area contributed by atoms with E-state index in [0.29, 0.717) is 28.5 Å². The number of aliphatic hydroxyl groups is 1. The van der Waals surface area contributed by atoms with Gasteiger partial charge in [0.25, 0.3) is 5.56 Å². The quantitative estimate of drug-likeness (QED) is 0.404. The molecule has 3 atom stereocenters. The maximum absolute atomic E-state index is 13.7. The average Bonchev–Trinajstić information content (AvgIpc) is 3.12. The molecule has 0 amide bonds. The summed E-state index contributed by atoms with van der Waals surface area (Å²) < 4.78 is 42.5. The van der Waals surface area contributed by atoms with Gasteiger partial charge in [-0.1, -0.05) is 0 Å². The molecule has 0 radical (unpaired) electrons. The number of halogens is 3. The Hall–Kier alpha value is -3.18. The highest BCUT2D eigenvalue weighted by Gasteiger charge is 2.38. The van der Waals surface area contributed by atoms with Crippen molar-refractivity contribution in [2.45, 2.75) is 76.0 Å². The molecule has 2 bridgehead atoms. The number of nitrogens with zero attached hydrogens (tertiary/aromatic N) is 3. The second-order valence-electron chi connectivity index (χ2n) is 10.4. The van der Waals surface area contributed by atoms with E-state index in [1.807, 2.05) is 0 Å². The zero-order valence-electron chi connectivity index (χ0n) is 20.1. The molecule has 3 aromatic rings. The van der Waals surface area contributed by atoms with Crippen molar-refractivity contribution in [3.05, 3.63) is 52.6 Å². The van der Waals surface area contributed by atoms with E-state index in [4.69, 9.17) is 0 Å². The number of anilines is 3. The largest absolute Gasteiger partial charge is 0.421 e. The van der Waals surface area contributed by atoms with Crippen molar-refractivity contribution in [1.82, 2.24) is 19.9 Å². The number of benzene rings is 1. The van der Waals surface area contributed by atoms with Crippen LogP contribution in [0.15, 0.2) is 41.5 Å². The van der Waals surface area contributed by atoms with Crippen LogP contribution in [-0.2, 0) is 12.7 Å². The van der Waals surface area contributed by atoms with Crippen LogP contribution in [0.5, 0.6) is 0 Å². The van der Waals surface area contributed by atoms with E-state index >= 15 is 0 Å². The van der Waals surface area contributed by atoms with Gasteiger partial charge in [-0.15, -0.1) is 0 Å². The van der Waals surface area contributed by atoms with Crippen molar-refractivity contribution in [3.8, 4) is 0 Å². The number of aromatic nitrogens is 3. The van der Waals surface area contributed by atoms with E-state index in [1.165, 1.54) is 4.57 Å². The summed E-state index contributed by atoms with van der Waals surface area (Å²) in [4.78, 5) is 20.9. The molecule has 0 spiro atoms. The summed E-state index contributed by atoms with van der Waals surface area (Å²) in [7, 11) is 0. The van der Waals surface area contributed by atoms with Crippen LogP contribution >= 0.6 is 0 Å². The molecule has 2 aliphatic heterocycles. The summed E-state index contributed by atoms with van der Waals surface area (Å²) in [5, 5.41) is 20.6. The van der Waals surface area contributed by atoms with Gasteiger partial charge in [-0.05, 0) is 69.2 Å². The predicted octanol–water partition coefficient (Wildman–Crippen LogP) is 4.02. The fraction of sp³-hybridized carbons (Fsp3) is 0.480. The van der Waals surface area contributed by atoms with Gasteiger partial charge < -0.3 is 25.6 Å². The summed E-state index contributed by atoms with van der Waals surface area (Å²) >= 11 is 0. The molecule has 2 saturated heterocycles. The van der Waals surface area contributed by atoms with Gasteiger partial charge in [-0.3, -0.25) is 4.79 Å². The molecule has 8 nitrogen and oxygen atoms in total. The van der Waals surface area contributed by atoms with E-state index in [0.717, 1.165) is 31.9 Å². The molecule has 1 aromatic carbocycles. The van der Waals surface area contributed by atoms with E-state index in [2.05, 4.69) is 25.9 Å². The first-order chi connectivity index (χ1) is 16.9. The number of pyridine rings is 1. The molecule has 2 aliphatic rings. The number of alkyl halides is 3. The summed E-state index contributed by atoms with van der Waals surface area (Å²) in [6.45, 7) is 3.40. The summed E-state index contributed by atoms with van der Waals surface area (Å²) in [5.41, 5.74) is -1.65. The molecule has 5 rings (SSSR count). The van der Waals surface area contributed by atoms with Crippen LogP contribution in [0.25, 0.3) is 10.8 Å². The van der Waals surface area contributed by atoms with Gasteiger partial charge >= 0.3 is 6.18 Å². The third-order valence-electron chi connectivity index (χ3n) is 6.70.